The molecule has 0 aromatic heterocycles. The lowest BCUT2D eigenvalue weighted by Crippen LogP contribution is -2.09. The van der Waals surface area contributed by atoms with Crippen LogP contribution in [0, 0.1) is 0 Å². The van der Waals surface area contributed by atoms with Crippen LogP contribution in [0.15, 0.2) is 65.6 Å². The third-order valence-electron chi connectivity index (χ3n) is 4.73. The molecule has 0 fully saturated rings. The van der Waals surface area contributed by atoms with E-state index in [0.29, 0.717) is 16.9 Å². The highest BCUT2D eigenvalue weighted by Gasteiger charge is 2.25. The fourth-order valence-electron chi connectivity index (χ4n) is 3.19. The predicted molar refractivity (Wildman–Crippen MR) is 118 cm³/mol. The summed E-state index contributed by atoms with van der Waals surface area (Å²) in [6.45, 7) is 0. The van der Waals surface area contributed by atoms with Gasteiger partial charge in [-0.2, -0.15) is 0 Å². The molecule has 0 radical (unpaired) electrons. The number of ether oxygens (including phenoxy) is 2. The first kappa shape index (κ1) is 22.7. The molecule has 6 nitrogen and oxygen atoms in total. The second-order valence-electron chi connectivity index (χ2n) is 6.83. The van der Waals surface area contributed by atoms with E-state index in [9.17, 15) is 18.3 Å². The van der Waals surface area contributed by atoms with Crippen LogP contribution in [-0.2, 0) is 31.5 Å². The molecule has 0 unspecified atom stereocenters. The zero-order valence-electron chi connectivity index (χ0n) is 17.0. The molecule has 1 N–H and O–H groups in total. The van der Waals surface area contributed by atoms with Gasteiger partial charge in [0.25, 0.3) is 0 Å². The molecule has 162 valence electrons. The predicted octanol–water partition coefficient (Wildman–Crippen LogP) is 4.41. The van der Waals surface area contributed by atoms with E-state index in [0.717, 1.165) is 11.1 Å². The monoisotopic (exact) mass is 460 g/mol. The van der Waals surface area contributed by atoms with Crippen molar-refractivity contribution in [2.75, 3.05) is 14.2 Å². The third-order valence-corrected chi connectivity index (χ3v) is 6.69. The van der Waals surface area contributed by atoms with Gasteiger partial charge in [0, 0.05) is 5.56 Å². The van der Waals surface area contributed by atoms with Crippen LogP contribution in [0.3, 0.4) is 0 Å². The molecule has 3 rings (SSSR count). The number of phenolic OH excluding ortho intramolecular Hbond substituents is 1. The number of halogens is 1. The summed E-state index contributed by atoms with van der Waals surface area (Å²) in [4.78, 5) is 11.2. The highest BCUT2D eigenvalue weighted by atomic mass is 35.5. The molecule has 8 heteroatoms. The van der Waals surface area contributed by atoms with Crippen LogP contribution in [0.4, 0.5) is 0 Å². The molecular weight excluding hydrogens is 440 g/mol. The molecule has 31 heavy (non-hydrogen) atoms. The zero-order chi connectivity index (χ0) is 22.6. The SMILES string of the molecule is COC(=O)Cc1cc(Cl)c(O)c(S(=O)(=O)Cc2cc(-c3ccccc3)ccc2OC)c1. The average Bonchev–Trinajstić information content (AvgIpc) is 2.76. The number of hydrogen-bond donors (Lipinski definition) is 1. The zero-order valence-corrected chi connectivity index (χ0v) is 18.5. The lowest BCUT2D eigenvalue weighted by molar-refractivity contribution is -0.139. The smallest absolute Gasteiger partial charge is 0.309 e. The second-order valence-corrected chi connectivity index (χ2v) is 9.19. The van der Waals surface area contributed by atoms with Gasteiger partial charge in [0.15, 0.2) is 15.6 Å². The van der Waals surface area contributed by atoms with Crippen LogP contribution in [-0.4, -0.2) is 33.7 Å². The van der Waals surface area contributed by atoms with Crippen molar-refractivity contribution in [1.29, 1.82) is 0 Å². The number of esters is 1. The quantitative estimate of drug-likeness (QED) is 0.525. The van der Waals surface area contributed by atoms with Gasteiger partial charge in [-0.25, -0.2) is 8.42 Å². The second kappa shape index (κ2) is 9.41. The standard InChI is InChI=1S/C23H21ClO6S/c1-29-20-9-8-17(16-6-4-3-5-7-16)13-18(20)14-31(27,28)21-11-15(12-22(25)30-2)10-19(24)23(21)26/h3-11,13,26H,12,14H2,1-2H3. The molecule has 0 amide bonds. The molecule has 0 bridgehead atoms. The summed E-state index contributed by atoms with van der Waals surface area (Å²) in [7, 11) is -1.34. The van der Waals surface area contributed by atoms with Gasteiger partial charge in [-0.05, 0) is 41.0 Å². The van der Waals surface area contributed by atoms with Crippen LogP contribution >= 0.6 is 11.6 Å². The van der Waals surface area contributed by atoms with Gasteiger partial charge >= 0.3 is 5.97 Å². The first-order valence-corrected chi connectivity index (χ1v) is 11.3. The summed E-state index contributed by atoms with van der Waals surface area (Å²) in [6, 6.07) is 17.4. The maximum Gasteiger partial charge on any atom is 0.309 e. The number of rotatable bonds is 7. The molecule has 0 spiro atoms. The Balaban J connectivity index is 2.03. The molecule has 0 atom stereocenters. The highest BCUT2D eigenvalue weighted by molar-refractivity contribution is 7.90. The molecule has 0 heterocycles. The van der Waals surface area contributed by atoms with Crippen molar-refractivity contribution in [3.05, 3.63) is 76.8 Å². The third kappa shape index (κ3) is 5.18. The average molecular weight is 461 g/mol. The van der Waals surface area contributed by atoms with Crippen molar-refractivity contribution in [3.63, 3.8) is 0 Å². The van der Waals surface area contributed by atoms with E-state index in [2.05, 4.69) is 4.74 Å². The van der Waals surface area contributed by atoms with Crippen LogP contribution in [0.5, 0.6) is 11.5 Å². The number of methoxy groups -OCH3 is 2. The number of carbonyl (C=O) groups excluding carboxylic acids is 1. The fourth-order valence-corrected chi connectivity index (χ4v) is 5.01. The summed E-state index contributed by atoms with van der Waals surface area (Å²) >= 11 is 6.03. The Bertz CT molecular complexity index is 1210. The molecule has 0 aliphatic heterocycles. The lowest BCUT2D eigenvalue weighted by Gasteiger charge is -2.14. The Kier molecular flexibility index (Phi) is 6.87. The van der Waals surface area contributed by atoms with Crippen molar-refractivity contribution in [3.8, 4) is 22.6 Å². The van der Waals surface area contributed by atoms with Crippen LogP contribution < -0.4 is 4.74 Å². The number of hydrogen-bond acceptors (Lipinski definition) is 6. The summed E-state index contributed by atoms with van der Waals surface area (Å²) in [5.41, 5.74) is 2.50. The first-order chi connectivity index (χ1) is 14.7. The van der Waals surface area contributed by atoms with E-state index in [-0.39, 0.29) is 16.3 Å². The number of carbonyl (C=O) groups is 1. The van der Waals surface area contributed by atoms with Gasteiger partial charge in [0.05, 0.1) is 31.4 Å². The fraction of sp³-hybridized carbons (Fsp3) is 0.174. The van der Waals surface area contributed by atoms with E-state index in [1.807, 2.05) is 36.4 Å². The highest BCUT2D eigenvalue weighted by Crippen LogP contribution is 2.36. The van der Waals surface area contributed by atoms with Crippen molar-refractivity contribution >= 4 is 27.4 Å². The number of sulfone groups is 1. The van der Waals surface area contributed by atoms with E-state index in [1.165, 1.54) is 26.4 Å². The van der Waals surface area contributed by atoms with Gasteiger partial charge in [-0.15, -0.1) is 0 Å². The minimum atomic E-state index is -4.03. The Hall–Kier alpha value is -3.03. The molecule has 0 aliphatic carbocycles. The van der Waals surface area contributed by atoms with Gasteiger partial charge in [0.1, 0.15) is 10.6 Å². The van der Waals surface area contributed by atoms with Crippen molar-refractivity contribution in [2.24, 2.45) is 0 Å². The Morgan fingerprint density at radius 1 is 1.00 bits per heavy atom. The van der Waals surface area contributed by atoms with Crippen LogP contribution in [0.1, 0.15) is 11.1 Å². The van der Waals surface area contributed by atoms with E-state index >= 15 is 0 Å². The Morgan fingerprint density at radius 3 is 2.35 bits per heavy atom. The number of benzene rings is 3. The minimum absolute atomic E-state index is 0.162. The first-order valence-electron chi connectivity index (χ1n) is 9.28. The molecule has 0 saturated heterocycles. The van der Waals surface area contributed by atoms with Crippen LogP contribution in [0.25, 0.3) is 11.1 Å². The van der Waals surface area contributed by atoms with Crippen molar-refractivity contribution in [1.82, 2.24) is 0 Å². The molecule has 3 aromatic rings. The number of phenols is 1. The Morgan fingerprint density at radius 2 is 1.71 bits per heavy atom. The maximum absolute atomic E-state index is 13.2. The largest absolute Gasteiger partial charge is 0.505 e. The molecule has 0 aliphatic rings. The summed E-state index contributed by atoms with van der Waals surface area (Å²) < 4.78 is 36.4. The van der Waals surface area contributed by atoms with E-state index in [1.54, 1.807) is 12.1 Å². The molecule has 3 aromatic carbocycles. The topological polar surface area (TPSA) is 89.9 Å². The molecular formula is C23H21ClO6S. The summed E-state index contributed by atoms with van der Waals surface area (Å²) in [5, 5.41) is 10.2. The van der Waals surface area contributed by atoms with Crippen LogP contribution in [0.2, 0.25) is 5.02 Å². The maximum atomic E-state index is 13.2. The van der Waals surface area contributed by atoms with Crippen molar-refractivity contribution < 1.29 is 27.8 Å². The van der Waals surface area contributed by atoms with Gasteiger partial charge < -0.3 is 14.6 Å². The lowest BCUT2D eigenvalue weighted by atomic mass is 10.0. The molecule has 0 saturated carbocycles. The van der Waals surface area contributed by atoms with Gasteiger partial charge in [-0.1, -0.05) is 48.0 Å². The minimum Gasteiger partial charge on any atom is -0.505 e. The van der Waals surface area contributed by atoms with Gasteiger partial charge in [0.2, 0.25) is 0 Å². The van der Waals surface area contributed by atoms with Crippen molar-refractivity contribution in [2.45, 2.75) is 17.1 Å². The Labute approximate surface area is 185 Å². The van der Waals surface area contributed by atoms with E-state index in [4.69, 9.17) is 16.3 Å². The summed E-state index contributed by atoms with van der Waals surface area (Å²) in [5.74, 6) is -1.14. The summed E-state index contributed by atoms with van der Waals surface area (Å²) in [6.07, 6.45) is -0.175. The van der Waals surface area contributed by atoms with E-state index < -0.39 is 27.3 Å². The normalized spacial score (nSPS) is 11.2. The van der Waals surface area contributed by atoms with Gasteiger partial charge in [-0.3, -0.25) is 4.79 Å². The number of aromatic hydroxyl groups is 1.